The summed E-state index contributed by atoms with van der Waals surface area (Å²) in [6.45, 7) is 0.134. The fourth-order valence-electron chi connectivity index (χ4n) is 4.90. The monoisotopic (exact) mass is 549 g/mol. The van der Waals surface area contributed by atoms with Gasteiger partial charge in [0.05, 0.1) is 16.8 Å². The molecule has 0 unspecified atom stereocenters. The number of carbonyl (C=O) groups is 2. The predicted molar refractivity (Wildman–Crippen MR) is 166 cm³/mol. The van der Waals surface area contributed by atoms with E-state index in [1.54, 1.807) is 28.8 Å². The van der Waals surface area contributed by atoms with Gasteiger partial charge in [0.1, 0.15) is 12.4 Å². The lowest BCUT2D eigenvalue weighted by molar-refractivity contribution is 0.0693. The largest absolute Gasteiger partial charge is 0.444 e. The van der Waals surface area contributed by atoms with Gasteiger partial charge in [-0.05, 0) is 35.4 Å². The third-order valence-corrected chi connectivity index (χ3v) is 6.89. The van der Waals surface area contributed by atoms with Gasteiger partial charge in [-0.25, -0.2) is 14.2 Å². The van der Waals surface area contributed by atoms with E-state index in [1.807, 2.05) is 127 Å². The summed E-state index contributed by atoms with van der Waals surface area (Å²) < 4.78 is 13.5. The second-order valence-corrected chi connectivity index (χ2v) is 9.65. The van der Waals surface area contributed by atoms with Gasteiger partial charge < -0.3 is 9.47 Å². The van der Waals surface area contributed by atoms with E-state index in [9.17, 15) is 9.59 Å². The standard InChI is InChI=1S/C37H27NO4/c39-36(30-21-11-4-12-22-30)42-34(28-17-7-2-8-18-28)25-32-31-23-13-14-24-33(31)38(35(32)29-19-9-3-10-20-29)37(40)41-26-27-15-5-1-6-16-27/h1-25H,26H2/b34-25-. The number of esters is 1. The van der Waals surface area contributed by atoms with Crippen LogP contribution in [0.3, 0.4) is 0 Å². The molecule has 0 amide bonds. The Morgan fingerprint density at radius 1 is 0.619 bits per heavy atom. The Kier molecular flexibility index (Phi) is 7.73. The van der Waals surface area contributed by atoms with E-state index in [4.69, 9.17) is 9.47 Å². The predicted octanol–water partition coefficient (Wildman–Crippen LogP) is 8.85. The zero-order valence-corrected chi connectivity index (χ0v) is 22.7. The van der Waals surface area contributed by atoms with Crippen molar-refractivity contribution in [3.05, 3.63) is 168 Å². The summed E-state index contributed by atoms with van der Waals surface area (Å²) in [6, 6.07) is 45.3. The first-order valence-electron chi connectivity index (χ1n) is 13.6. The summed E-state index contributed by atoms with van der Waals surface area (Å²) in [5.74, 6) is -0.111. The van der Waals surface area contributed by atoms with Gasteiger partial charge in [-0.15, -0.1) is 0 Å². The zero-order valence-electron chi connectivity index (χ0n) is 22.7. The maximum absolute atomic E-state index is 13.8. The third-order valence-electron chi connectivity index (χ3n) is 6.89. The molecule has 0 fully saturated rings. The molecule has 0 aliphatic heterocycles. The SMILES string of the molecule is O=C(O/C(=C\c1c(-c2ccccc2)n(C(=O)OCc2ccccc2)c2ccccc12)c1ccccc1)c1ccccc1. The Balaban J connectivity index is 1.53. The van der Waals surface area contributed by atoms with Crippen molar-refractivity contribution in [1.82, 2.24) is 4.57 Å². The summed E-state index contributed by atoms with van der Waals surface area (Å²) >= 11 is 0. The molecule has 42 heavy (non-hydrogen) atoms. The van der Waals surface area contributed by atoms with Gasteiger partial charge in [0, 0.05) is 16.5 Å². The molecule has 0 bridgehead atoms. The van der Waals surface area contributed by atoms with Crippen LogP contribution in [0.1, 0.15) is 27.0 Å². The third kappa shape index (κ3) is 5.62. The molecule has 0 atom stereocenters. The molecule has 6 aromatic rings. The minimum absolute atomic E-state index is 0.134. The Labute approximate surface area is 243 Å². The van der Waals surface area contributed by atoms with E-state index in [0.29, 0.717) is 22.5 Å². The lowest BCUT2D eigenvalue weighted by Gasteiger charge is -2.13. The lowest BCUT2D eigenvalue weighted by Crippen LogP contribution is -2.15. The van der Waals surface area contributed by atoms with Crippen molar-refractivity contribution < 1.29 is 19.1 Å². The highest BCUT2D eigenvalue weighted by atomic mass is 16.5. The number of fused-ring (bicyclic) bond motifs is 1. The number of nitrogens with zero attached hydrogens (tertiary/aromatic N) is 1. The van der Waals surface area contributed by atoms with Crippen LogP contribution in [-0.4, -0.2) is 16.6 Å². The molecular weight excluding hydrogens is 522 g/mol. The molecule has 0 saturated heterocycles. The topological polar surface area (TPSA) is 57.5 Å². The number of rotatable bonds is 7. The van der Waals surface area contributed by atoms with Gasteiger partial charge in [0.15, 0.2) is 0 Å². The van der Waals surface area contributed by atoms with Crippen molar-refractivity contribution in [2.45, 2.75) is 6.61 Å². The second kappa shape index (κ2) is 12.2. The number of carbonyl (C=O) groups excluding carboxylic acids is 2. The minimum Gasteiger partial charge on any atom is -0.444 e. The second-order valence-electron chi connectivity index (χ2n) is 9.65. The maximum Gasteiger partial charge on any atom is 0.419 e. The molecule has 204 valence electrons. The van der Waals surface area contributed by atoms with Gasteiger partial charge in [-0.3, -0.25) is 0 Å². The number of para-hydroxylation sites is 1. The van der Waals surface area contributed by atoms with Gasteiger partial charge in [0.2, 0.25) is 0 Å². The highest BCUT2D eigenvalue weighted by Crippen LogP contribution is 2.37. The van der Waals surface area contributed by atoms with Crippen molar-refractivity contribution in [2.75, 3.05) is 0 Å². The van der Waals surface area contributed by atoms with Crippen molar-refractivity contribution >= 4 is 34.8 Å². The highest BCUT2D eigenvalue weighted by molar-refractivity contribution is 6.06. The van der Waals surface area contributed by atoms with E-state index in [1.165, 1.54) is 0 Å². The maximum atomic E-state index is 13.8. The lowest BCUT2D eigenvalue weighted by atomic mass is 10.0. The van der Waals surface area contributed by atoms with Crippen LogP contribution < -0.4 is 0 Å². The number of hydrogen-bond acceptors (Lipinski definition) is 4. The molecule has 0 saturated carbocycles. The van der Waals surface area contributed by atoms with E-state index < -0.39 is 12.1 Å². The molecule has 1 aromatic heterocycles. The molecule has 5 heteroatoms. The van der Waals surface area contributed by atoms with E-state index in [0.717, 1.165) is 27.6 Å². The molecule has 0 aliphatic carbocycles. The van der Waals surface area contributed by atoms with Crippen LogP contribution in [0.2, 0.25) is 0 Å². The van der Waals surface area contributed by atoms with Crippen LogP contribution in [0.15, 0.2) is 146 Å². The quantitative estimate of drug-likeness (QED) is 0.147. The van der Waals surface area contributed by atoms with Crippen molar-refractivity contribution in [3.63, 3.8) is 0 Å². The summed E-state index contributed by atoms with van der Waals surface area (Å²) in [5.41, 5.74) is 4.93. The molecule has 5 aromatic carbocycles. The van der Waals surface area contributed by atoms with Gasteiger partial charge in [-0.2, -0.15) is 0 Å². The fourth-order valence-corrected chi connectivity index (χ4v) is 4.90. The smallest absolute Gasteiger partial charge is 0.419 e. The fraction of sp³-hybridized carbons (Fsp3) is 0.0270. The molecule has 0 aliphatic rings. The number of aromatic nitrogens is 1. The molecule has 0 N–H and O–H groups in total. The van der Waals surface area contributed by atoms with Crippen LogP contribution >= 0.6 is 0 Å². The molecule has 0 spiro atoms. The van der Waals surface area contributed by atoms with Gasteiger partial charge in [-0.1, -0.05) is 127 Å². The number of ether oxygens (including phenoxy) is 2. The average Bonchev–Trinajstić information content (AvgIpc) is 3.39. The zero-order chi connectivity index (χ0) is 28.7. The summed E-state index contributed by atoms with van der Waals surface area (Å²) in [4.78, 5) is 27.0. The first kappa shape index (κ1) is 26.5. The van der Waals surface area contributed by atoms with Gasteiger partial charge in [0.25, 0.3) is 0 Å². The Hall–Kier alpha value is -5.68. The van der Waals surface area contributed by atoms with Crippen LogP contribution in [0.5, 0.6) is 0 Å². The minimum atomic E-state index is -0.504. The Morgan fingerprint density at radius 3 is 1.83 bits per heavy atom. The summed E-state index contributed by atoms with van der Waals surface area (Å²) in [6.07, 6.45) is 1.33. The normalized spacial score (nSPS) is 11.3. The Morgan fingerprint density at radius 2 is 1.17 bits per heavy atom. The van der Waals surface area contributed by atoms with Crippen molar-refractivity contribution in [1.29, 1.82) is 0 Å². The van der Waals surface area contributed by atoms with Crippen molar-refractivity contribution in [3.8, 4) is 11.3 Å². The molecule has 0 radical (unpaired) electrons. The Bertz CT molecular complexity index is 1860. The molecule has 6 rings (SSSR count). The number of hydrogen-bond donors (Lipinski definition) is 0. The van der Waals surface area contributed by atoms with Crippen LogP contribution in [0.25, 0.3) is 34.0 Å². The summed E-state index contributed by atoms with van der Waals surface area (Å²) in [7, 11) is 0. The molecule has 5 nitrogen and oxygen atoms in total. The molecular formula is C37H27NO4. The summed E-state index contributed by atoms with van der Waals surface area (Å²) in [5, 5.41) is 0.817. The highest BCUT2D eigenvalue weighted by Gasteiger charge is 2.24. The van der Waals surface area contributed by atoms with E-state index in [-0.39, 0.29) is 6.61 Å². The van der Waals surface area contributed by atoms with E-state index in [2.05, 4.69) is 0 Å². The first-order chi connectivity index (χ1) is 20.7. The van der Waals surface area contributed by atoms with E-state index >= 15 is 0 Å². The van der Waals surface area contributed by atoms with Crippen LogP contribution in [0.4, 0.5) is 4.79 Å². The van der Waals surface area contributed by atoms with Crippen LogP contribution in [-0.2, 0) is 16.1 Å². The first-order valence-corrected chi connectivity index (χ1v) is 13.6. The molecule has 1 heterocycles. The number of benzene rings is 5. The van der Waals surface area contributed by atoms with Crippen molar-refractivity contribution in [2.24, 2.45) is 0 Å². The van der Waals surface area contributed by atoms with Gasteiger partial charge >= 0.3 is 12.1 Å². The van der Waals surface area contributed by atoms with Crippen LogP contribution in [0, 0.1) is 0 Å². The average molecular weight is 550 g/mol.